The average molecular weight is 416 g/mol. The molecular weight excluding hydrogens is 389 g/mol. The van der Waals surface area contributed by atoms with Crippen LogP contribution in [0.5, 0.6) is 17.2 Å². The number of carbonyl (C=O) groups excluding carboxylic acids is 1. The highest BCUT2D eigenvalue weighted by molar-refractivity contribution is 5.79. The molecule has 0 saturated carbocycles. The number of ether oxygens (including phenoxy) is 3. The van der Waals surface area contributed by atoms with E-state index >= 15 is 0 Å². The number of piperidine rings is 1. The largest absolute Gasteiger partial charge is 0.493 e. The van der Waals surface area contributed by atoms with E-state index in [1.807, 2.05) is 6.07 Å². The molecule has 2 aliphatic heterocycles. The van der Waals surface area contributed by atoms with Gasteiger partial charge < -0.3 is 24.0 Å². The van der Waals surface area contributed by atoms with E-state index in [0.29, 0.717) is 36.8 Å². The van der Waals surface area contributed by atoms with Crippen LogP contribution in [-0.2, 0) is 4.79 Å². The number of hydrogen-bond donors (Lipinski definition) is 0. The van der Waals surface area contributed by atoms with Gasteiger partial charge in [0.05, 0.1) is 12.5 Å². The minimum Gasteiger partial charge on any atom is -0.493 e. The van der Waals surface area contributed by atoms with Gasteiger partial charge in [-0.3, -0.25) is 4.79 Å². The van der Waals surface area contributed by atoms with Crippen LogP contribution in [0.2, 0.25) is 0 Å². The molecule has 0 N–H and O–H groups in total. The monoisotopic (exact) mass is 416 g/mol. The smallest absolute Gasteiger partial charge is 0.406 e. The van der Waals surface area contributed by atoms with E-state index in [9.17, 15) is 18.0 Å². The lowest BCUT2D eigenvalue weighted by molar-refractivity contribution is -0.164. The number of carbonyl (C=O) groups is 1. The molecule has 0 aliphatic carbocycles. The van der Waals surface area contributed by atoms with Crippen LogP contribution >= 0.6 is 0 Å². The fourth-order valence-electron chi connectivity index (χ4n) is 3.73. The first kappa shape index (κ1) is 21.5. The molecule has 1 saturated heterocycles. The van der Waals surface area contributed by atoms with Crippen molar-refractivity contribution >= 4 is 5.91 Å². The molecule has 1 aromatic carbocycles. The van der Waals surface area contributed by atoms with Crippen LogP contribution in [0.25, 0.3) is 0 Å². The minimum absolute atomic E-state index is 0.0677. The van der Waals surface area contributed by atoms with Crippen LogP contribution in [0.3, 0.4) is 0 Å². The Balaban J connectivity index is 1.42. The van der Waals surface area contributed by atoms with Gasteiger partial charge in [0.15, 0.2) is 11.5 Å². The molecule has 29 heavy (non-hydrogen) atoms. The van der Waals surface area contributed by atoms with E-state index < -0.39 is 18.6 Å². The molecule has 1 atom stereocenters. The van der Waals surface area contributed by atoms with Crippen molar-refractivity contribution in [1.29, 1.82) is 0 Å². The van der Waals surface area contributed by atoms with Crippen LogP contribution in [-0.4, -0.2) is 68.0 Å². The average Bonchev–Trinajstić information content (AvgIpc) is 3.16. The van der Waals surface area contributed by atoms with E-state index in [-0.39, 0.29) is 19.3 Å². The first-order valence-corrected chi connectivity index (χ1v) is 9.96. The van der Waals surface area contributed by atoms with Gasteiger partial charge in [-0.15, -0.1) is 0 Å². The molecule has 0 unspecified atom stereocenters. The van der Waals surface area contributed by atoms with Crippen molar-refractivity contribution in [3.05, 3.63) is 18.2 Å². The molecule has 9 heteroatoms. The predicted molar refractivity (Wildman–Crippen MR) is 100 cm³/mol. The number of hydrogen-bond acceptors (Lipinski definition) is 5. The van der Waals surface area contributed by atoms with Gasteiger partial charge in [0, 0.05) is 25.7 Å². The molecule has 2 heterocycles. The Hall–Kier alpha value is -2.16. The number of benzene rings is 1. The van der Waals surface area contributed by atoms with Crippen molar-refractivity contribution < 1.29 is 32.2 Å². The first-order chi connectivity index (χ1) is 13.9. The summed E-state index contributed by atoms with van der Waals surface area (Å²) in [6.07, 6.45) is -2.16. The molecule has 0 radical (unpaired) electrons. The van der Waals surface area contributed by atoms with Gasteiger partial charge in [-0.2, -0.15) is 13.2 Å². The summed E-state index contributed by atoms with van der Waals surface area (Å²) in [5, 5.41) is 0. The summed E-state index contributed by atoms with van der Waals surface area (Å²) >= 11 is 0. The third-order valence-corrected chi connectivity index (χ3v) is 5.15. The molecule has 0 aromatic heterocycles. The normalized spacial score (nSPS) is 19.2. The minimum atomic E-state index is -4.37. The number of alkyl halides is 3. The quantitative estimate of drug-likeness (QED) is 0.609. The molecule has 1 aromatic rings. The molecule has 2 aliphatic rings. The molecule has 1 amide bonds. The third-order valence-electron chi connectivity index (χ3n) is 5.15. The number of fused-ring (bicyclic) bond motifs is 1. The summed E-state index contributed by atoms with van der Waals surface area (Å²) in [5.74, 6) is 1.30. The summed E-state index contributed by atoms with van der Waals surface area (Å²) in [5.41, 5.74) is 0. The Morgan fingerprint density at radius 3 is 2.86 bits per heavy atom. The van der Waals surface area contributed by atoms with Gasteiger partial charge in [0.25, 0.3) is 0 Å². The van der Waals surface area contributed by atoms with Crippen LogP contribution in [0.4, 0.5) is 13.2 Å². The van der Waals surface area contributed by atoms with E-state index in [2.05, 4.69) is 4.90 Å². The van der Waals surface area contributed by atoms with E-state index in [1.54, 1.807) is 19.1 Å². The van der Waals surface area contributed by atoms with Crippen molar-refractivity contribution in [2.24, 2.45) is 5.92 Å². The number of likely N-dealkylation sites (tertiary alicyclic amines) is 1. The maximum absolute atomic E-state index is 12.7. The molecule has 0 spiro atoms. The summed E-state index contributed by atoms with van der Waals surface area (Å²) in [6.45, 7) is 3.27. The maximum atomic E-state index is 12.7. The fraction of sp³-hybridized carbons (Fsp3) is 0.650. The van der Waals surface area contributed by atoms with Gasteiger partial charge in [0.1, 0.15) is 12.3 Å². The number of halogens is 3. The second-order valence-electron chi connectivity index (χ2n) is 7.32. The highest BCUT2D eigenvalue weighted by Gasteiger charge is 2.35. The second-order valence-corrected chi connectivity index (χ2v) is 7.32. The van der Waals surface area contributed by atoms with Crippen LogP contribution in [0.15, 0.2) is 18.2 Å². The van der Waals surface area contributed by atoms with Gasteiger partial charge >= 0.3 is 6.18 Å². The summed E-state index contributed by atoms with van der Waals surface area (Å²) in [4.78, 5) is 15.6. The van der Waals surface area contributed by atoms with Crippen LogP contribution in [0.1, 0.15) is 26.2 Å². The Morgan fingerprint density at radius 1 is 1.31 bits per heavy atom. The zero-order valence-electron chi connectivity index (χ0n) is 16.5. The first-order valence-electron chi connectivity index (χ1n) is 9.96. The Bertz CT molecular complexity index is 699. The van der Waals surface area contributed by atoms with Crippen LogP contribution in [0, 0.1) is 5.92 Å². The highest BCUT2D eigenvalue weighted by Crippen LogP contribution is 2.35. The highest BCUT2D eigenvalue weighted by atomic mass is 19.4. The molecule has 6 nitrogen and oxygen atoms in total. The Kier molecular flexibility index (Phi) is 7.10. The predicted octanol–water partition coefficient (Wildman–Crippen LogP) is 3.31. The summed E-state index contributed by atoms with van der Waals surface area (Å²) in [7, 11) is 0. The van der Waals surface area contributed by atoms with E-state index in [4.69, 9.17) is 14.2 Å². The van der Waals surface area contributed by atoms with Crippen molar-refractivity contribution in [3.63, 3.8) is 0 Å². The lowest BCUT2D eigenvalue weighted by Gasteiger charge is -2.35. The maximum Gasteiger partial charge on any atom is 0.406 e. The summed E-state index contributed by atoms with van der Waals surface area (Å²) in [6, 6.07) is 5.42. The standard InChI is InChI=1S/C20H27F3N2O4/c1-2-25(13-20(21,22)23)19(26)15-5-3-8-24(12-15)9-4-10-27-16-6-7-17-18(11-16)29-14-28-17/h6-7,11,15H,2-5,8-10,12-14H2,1H3/t15-/m1/s1. The molecule has 0 bridgehead atoms. The third kappa shape index (κ3) is 6.16. The molecule has 162 valence electrons. The van der Waals surface area contributed by atoms with Gasteiger partial charge in [-0.1, -0.05) is 0 Å². The topological polar surface area (TPSA) is 51.2 Å². The lowest BCUT2D eigenvalue weighted by atomic mass is 9.96. The van der Waals surface area contributed by atoms with Crippen molar-refractivity contribution in [1.82, 2.24) is 9.80 Å². The van der Waals surface area contributed by atoms with E-state index in [0.717, 1.165) is 30.8 Å². The fourth-order valence-corrected chi connectivity index (χ4v) is 3.73. The molecule has 1 fully saturated rings. The molecular formula is C20H27F3N2O4. The van der Waals surface area contributed by atoms with Crippen molar-refractivity contribution in [2.75, 3.05) is 46.1 Å². The summed E-state index contributed by atoms with van der Waals surface area (Å²) < 4.78 is 54.4. The molecule has 3 rings (SSSR count). The van der Waals surface area contributed by atoms with Gasteiger partial charge in [-0.25, -0.2) is 0 Å². The van der Waals surface area contributed by atoms with Gasteiger partial charge in [-0.05, 0) is 44.9 Å². The number of rotatable bonds is 8. The van der Waals surface area contributed by atoms with Gasteiger partial charge in [0.2, 0.25) is 12.7 Å². The van der Waals surface area contributed by atoms with E-state index in [1.165, 1.54) is 0 Å². The second kappa shape index (κ2) is 9.56. The van der Waals surface area contributed by atoms with Crippen LogP contribution < -0.4 is 14.2 Å². The zero-order chi connectivity index (χ0) is 20.9. The number of nitrogens with zero attached hydrogens (tertiary/aromatic N) is 2. The zero-order valence-corrected chi connectivity index (χ0v) is 16.5. The Morgan fingerprint density at radius 2 is 2.10 bits per heavy atom. The number of amides is 1. The Labute approximate surface area is 168 Å². The SMILES string of the molecule is CCN(CC(F)(F)F)C(=O)[C@@H]1CCCN(CCCOc2ccc3c(c2)OCO3)C1. The lowest BCUT2D eigenvalue weighted by Crippen LogP contribution is -2.47. The van der Waals surface area contributed by atoms with Crippen molar-refractivity contribution in [3.8, 4) is 17.2 Å². The van der Waals surface area contributed by atoms with Crippen molar-refractivity contribution in [2.45, 2.75) is 32.4 Å².